The summed E-state index contributed by atoms with van der Waals surface area (Å²) in [4.78, 5) is 0. The van der Waals surface area contributed by atoms with E-state index in [4.69, 9.17) is 0 Å². The molecule has 0 radical (unpaired) electrons. The van der Waals surface area contributed by atoms with Crippen LogP contribution in [0.25, 0.3) is 0 Å². The van der Waals surface area contributed by atoms with Crippen LogP contribution < -0.4 is 0 Å². The molecule has 60 heavy (non-hydrogen) atoms. The van der Waals surface area contributed by atoms with E-state index >= 15 is 0 Å². The van der Waals surface area contributed by atoms with Crippen LogP contribution in [-0.2, 0) is 12.4 Å². The zero-order valence-electron chi connectivity index (χ0n) is 36.9. The van der Waals surface area contributed by atoms with Crippen molar-refractivity contribution in [3.05, 3.63) is 176 Å². The second-order valence-corrected chi connectivity index (χ2v) is 16.2. The summed E-state index contributed by atoms with van der Waals surface area (Å²) >= 11 is 0. The molecule has 0 fully saturated rings. The average Bonchev–Trinajstić information content (AvgIpc) is 3.13. The highest BCUT2D eigenvalue weighted by Crippen LogP contribution is 2.37. The van der Waals surface area contributed by atoms with Crippen molar-refractivity contribution in [1.29, 1.82) is 0 Å². The minimum atomic E-state index is -4.77. The van der Waals surface area contributed by atoms with Gasteiger partial charge in [0.15, 0.2) is 0 Å². The van der Waals surface area contributed by atoms with Gasteiger partial charge in [0.25, 0.3) is 0 Å². The maximum atomic E-state index is 13.0. The molecule has 0 saturated carbocycles. The predicted octanol–water partition coefficient (Wildman–Crippen LogP) is 17.6. The summed E-state index contributed by atoms with van der Waals surface area (Å²) < 4.78 is 126. The first-order valence-corrected chi connectivity index (χ1v) is 19.9. The molecule has 0 spiro atoms. The first kappa shape index (κ1) is 53.4. The number of aryl methyl sites for hydroxylation is 2. The van der Waals surface area contributed by atoms with Crippen LogP contribution in [0.5, 0.6) is 0 Å². The lowest BCUT2D eigenvalue weighted by molar-refractivity contribution is -0.143. The van der Waals surface area contributed by atoms with E-state index in [0.29, 0.717) is 23.0 Å². The molecule has 0 aliphatic heterocycles. The van der Waals surface area contributed by atoms with Gasteiger partial charge in [-0.3, -0.25) is 0 Å². The smallest absolute Gasteiger partial charge is 0.207 e. The Bertz CT molecular complexity index is 1890. The molecule has 0 N–H and O–H groups in total. The van der Waals surface area contributed by atoms with Crippen molar-refractivity contribution >= 4 is 0 Å². The van der Waals surface area contributed by atoms with Crippen LogP contribution >= 0.6 is 0 Å². The molecule has 0 nitrogen and oxygen atoms in total. The number of hydrogen-bond acceptors (Lipinski definition) is 0. The number of benzene rings is 5. The van der Waals surface area contributed by atoms with Crippen LogP contribution in [0.4, 0.5) is 43.9 Å². The molecule has 0 saturated heterocycles. The van der Waals surface area contributed by atoms with Gasteiger partial charge < -0.3 is 0 Å². The van der Waals surface area contributed by atoms with Gasteiger partial charge in [-0.15, -0.1) is 0 Å². The third kappa shape index (κ3) is 19.2. The van der Waals surface area contributed by atoms with E-state index in [1.54, 1.807) is 0 Å². The van der Waals surface area contributed by atoms with E-state index in [9.17, 15) is 43.9 Å². The highest BCUT2D eigenvalue weighted by Gasteiger charge is 2.37. The minimum Gasteiger partial charge on any atom is -0.207 e. The highest BCUT2D eigenvalue weighted by atomic mass is 19.4. The van der Waals surface area contributed by atoms with Crippen molar-refractivity contribution < 1.29 is 43.9 Å². The Morgan fingerprint density at radius 1 is 0.333 bits per heavy atom. The van der Waals surface area contributed by atoms with E-state index in [-0.39, 0.29) is 29.0 Å². The number of hydrogen-bond donors (Lipinski definition) is 0. The third-order valence-electron chi connectivity index (χ3n) is 9.29. The van der Waals surface area contributed by atoms with Crippen molar-refractivity contribution in [2.45, 2.75) is 132 Å². The van der Waals surface area contributed by atoms with Gasteiger partial charge in [0.05, 0.1) is 11.1 Å². The van der Waals surface area contributed by atoms with Crippen LogP contribution in [0.15, 0.2) is 97.1 Å². The molecular weight excluding hydrogens is 791 g/mol. The fourth-order valence-electron chi connectivity index (χ4n) is 5.12. The first-order valence-electron chi connectivity index (χ1n) is 19.9. The molecule has 5 aromatic carbocycles. The monoisotopic (exact) mass is 850 g/mol. The van der Waals surface area contributed by atoms with E-state index in [0.717, 1.165) is 18.2 Å². The molecule has 0 heterocycles. The molecule has 0 bridgehead atoms. The lowest BCUT2D eigenvalue weighted by Gasteiger charge is -2.15. The summed E-state index contributed by atoms with van der Waals surface area (Å²) in [5.74, 6) is -0.700. The molecule has 5 aromatic rings. The quantitative estimate of drug-likeness (QED) is 0.155. The Morgan fingerprint density at radius 3 is 0.867 bits per heavy atom. The average molecular weight is 851 g/mol. The molecule has 5 rings (SSSR count). The van der Waals surface area contributed by atoms with Crippen LogP contribution in [-0.4, -0.2) is 0 Å². The number of halogens is 10. The van der Waals surface area contributed by atoms with Crippen molar-refractivity contribution in [3.8, 4) is 0 Å². The lowest BCUT2D eigenvalue weighted by Crippen LogP contribution is -2.12. The van der Waals surface area contributed by atoms with Gasteiger partial charge in [-0.1, -0.05) is 129 Å². The van der Waals surface area contributed by atoms with Gasteiger partial charge in [-0.2, -0.15) is 26.3 Å². The molecule has 10 heteroatoms. The lowest BCUT2D eigenvalue weighted by atomic mass is 9.97. The molecule has 0 unspecified atom stereocenters. The van der Waals surface area contributed by atoms with Crippen molar-refractivity contribution in [2.75, 3.05) is 0 Å². The van der Waals surface area contributed by atoms with Crippen LogP contribution in [0.2, 0.25) is 0 Å². The van der Waals surface area contributed by atoms with Crippen molar-refractivity contribution in [3.63, 3.8) is 0 Å². The fraction of sp³-hybridized carbons (Fsp3) is 0.400. The van der Waals surface area contributed by atoms with E-state index in [2.05, 4.69) is 90.1 Å². The zero-order chi connectivity index (χ0) is 46.3. The van der Waals surface area contributed by atoms with Crippen LogP contribution in [0.1, 0.15) is 154 Å². The fourth-order valence-corrected chi connectivity index (χ4v) is 5.12. The molecule has 330 valence electrons. The summed E-state index contributed by atoms with van der Waals surface area (Å²) in [5.41, 5.74) is 4.50. The number of alkyl halides is 6. The standard InChI is InChI=1S/C11H10F6.C10H12F2.2C10H14.C9H10F2/c1-6(2)7-3-8(10(12,13)14)5-9(4-7)11(15,16)17;1-6(2)8-4-9(11)7(3)10(12)5-8;2*1-8(2)10-6-4-9(3)5-7-10;1-6(2)7-3-8(10)5-9(11)4-7/h3-6H,1-2H3;4-6H,1-3H3;2*4-8H,1-3H3;3-6H,1-2H3. The zero-order valence-corrected chi connectivity index (χ0v) is 36.9. The van der Waals surface area contributed by atoms with Gasteiger partial charge >= 0.3 is 12.4 Å². The molecule has 0 amide bonds. The minimum absolute atomic E-state index is 0.0205. The molecule has 0 atom stereocenters. The highest BCUT2D eigenvalue weighted by molar-refractivity contribution is 5.35. The molecule has 0 aromatic heterocycles. The van der Waals surface area contributed by atoms with E-state index < -0.39 is 52.7 Å². The van der Waals surface area contributed by atoms with Crippen LogP contribution in [0.3, 0.4) is 0 Å². The molecule has 0 aliphatic rings. The maximum Gasteiger partial charge on any atom is 0.416 e. The maximum absolute atomic E-state index is 13.0. The first-order chi connectivity index (χ1) is 27.5. The third-order valence-corrected chi connectivity index (χ3v) is 9.29. The topological polar surface area (TPSA) is 0 Å². The van der Waals surface area contributed by atoms with Gasteiger partial charge in [-0.25, -0.2) is 17.6 Å². The Morgan fingerprint density at radius 2 is 0.600 bits per heavy atom. The molecule has 0 aliphatic carbocycles. The van der Waals surface area contributed by atoms with Crippen LogP contribution in [0, 0.1) is 44.0 Å². The normalized spacial score (nSPS) is 11.3. The van der Waals surface area contributed by atoms with Gasteiger partial charge in [0.1, 0.15) is 23.3 Å². The largest absolute Gasteiger partial charge is 0.416 e. The number of rotatable bonds is 5. The summed E-state index contributed by atoms with van der Waals surface area (Å²) in [6.07, 6.45) is -9.55. The SMILES string of the molecule is CC(C)c1cc(C(F)(F)F)cc(C(F)(F)F)c1.CC(C)c1cc(F)cc(F)c1.Cc1c(F)cc(C(C)C)cc1F.Cc1ccc(C(C)C)cc1.Cc1ccc(C(C)C)cc1. The van der Waals surface area contributed by atoms with Gasteiger partial charge in [0, 0.05) is 11.6 Å². The second kappa shape index (κ2) is 24.0. The second-order valence-electron chi connectivity index (χ2n) is 16.2. The molecular formula is C50H60F10. The Labute approximate surface area is 351 Å². The Hall–Kier alpha value is -4.60. The van der Waals surface area contributed by atoms with Gasteiger partial charge in [0.2, 0.25) is 0 Å². The predicted molar refractivity (Wildman–Crippen MR) is 227 cm³/mol. The summed E-state index contributed by atoms with van der Waals surface area (Å²) in [5, 5.41) is 0. The van der Waals surface area contributed by atoms with Crippen molar-refractivity contribution in [1.82, 2.24) is 0 Å². The summed E-state index contributed by atoms with van der Waals surface area (Å²) in [6, 6.07) is 25.4. The van der Waals surface area contributed by atoms with E-state index in [1.807, 2.05) is 27.7 Å². The summed E-state index contributed by atoms with van der Waals surface area (Å²) in [6.45, 7) is 25.2. The van der Waals surface area contributed by atoms with E-state index in [1.165, 1.54) is 67.3 Å². The Balaban J connectivity index is 0.000000381. The van der Waals surface area contributed by atoms with Crippen molar-refractivity contribution in [2.24, 2.45) is 0 Å². The Kier molecular flexibility index (Phi) is 21.4. The summed E-state index contributed by atoms with van der Waals surface area (Å²) in [7, 11) is 0. The van der Waals surface area contributed by atoms with Gasteiger partial charge in [-0.05, 0) is 121 Å².